The summed E-state index contributed by atoms with van der Waals surface area (Å²) in [6, 6.07) is 13.8. The number of nitriles is 1. The van der Waals surface area contributed by atoms with Crippen molar-refractivity contribution < 1.29 is 23.5 Å². The highest BCUT2D eigenvalue weighted by Gasteiger charge is 2.71. The standard InChI is InChI=1S/C27H24FN3O4S/c1-16(32)30-19-4-7-21(8-5-19)36-12-11-27-10-9-26(2,35-27)22-23(27)25(34)31(24(22)33)20-6-3-17(15-29)18(13-20)14-28/h3-10,13,22-23H,11-12,14H2,1-2H3,(H,30,32)/t22-,23+,26?,27?/m0/s1. The number of ether oxygens (including phenoxy) is 1. The summed E-state index contributed by atoms with van der Waals surface area (Å²) in [7, 11) is 0. The molecule has 0 radical (unpaired) electrons. The summed E-state index contributed by atoms with van der Waals surface area (Å²) < 4.78 is 19.9. The maximum absolute atomic E-state index is 13.6. The molecule has 3 aliphatic heterocycles. The number of amides is 3. The second kappa shape index (κ2) is 8.87. The van der Waals surface area contributed by atoms with Crippen molar-refractivity contribution in [1.29, 1.82) is 5.26 Å². The fraction of sp³-hybridized carbons (Fsp3) is 0.333. The zero-order valence-corrected chi connectivity index (χ0v) is 20.6. The molecule has 1 N–H and O–H groups in total. The van der Waals surface area contributed by atoms with Crippen molar-refractivity contribution in [1.82, 2.24) is 0 Å². The van der Waals surface area contributed by atoms with Gasteiger partial charge in [-0.1, -0.05) is 12.2 Å². The minimum absolute atomic E-state index is 0.134. The van der Waals surface area contributed by atoms with E-state index in [0.717, 1.165) is 15.5 Å². The van der Waals surface area contributed by atoms with E-state index in [4.69, 9.17) is 4.74 Å². The number of nitrogens with one attached hydrogen (secondary N) is 1. The summed E-state index contributed by atoms with van der Waals surface area (Å²) in [6.07, 6.45) is 4.31. The number of carbonyl (C=O) groups is 3. The Morgan fingerprint density at radius 2 is 1.89 bits per heavy atom. The predicted molar refractivity (Wildman–Crippen MR) is 133 cm³/mol. The maximum Gasteiger partial charge on any atom is 0.241 e. The third kappa shape index (κ3) is 3.81. The summed E-state index contributed by atoms with van der Waals surface area (Å²) >= 11 is 1.60. The van der Waals surface area contributed by atoms with Crippen molar-refractivity contribution in [2.75, 3.05) is 16.0 Å². The molecule has 2 saturated heterocycles. The van der Waals surface area contributed by atoms with E-state index >= 15 is 0 Å². The van der Waals surface area contributed by atoms with Crippen LogP contribution < -0.4 is 10.2 Å². The Morgan fingerprint density at radius 3 is 2.56 bits per heavy atom. The van der Waals surface area contributed by atoms with Gasteiger partial charge >= 0.3 is 0 Å². The first-order valence-electron chi connectivity index (χ1n) is 11.6. The van der Waals surface area contributed by atoms with Gasteiger partial charge in [-0.25, -0.2) is 9.29 Å². The normalized spacial score (nSPS) is 27.9. The molecule has 0 aliphatic carbocycles. The number of anilines is 2. The zero-order chi connectivity index (χ0) is 25.7. The molecule has 3 amide bonds. The lowest BCUT2D eigenvalue weighted by atomic mass is 9.71. The number of rotatable bonds is 7. The van der Waals surface area contributed by atoms with Crippen LogP contribution in [-0.4, -0.2) is 34.7 Å². The van der Waals surface area contributed by atoms with Crippen molar-refractivity contribution in [2.45, 2.75) is 43.0 Å². The van der Waals surface area contributed by atoms with E-state index in [1.54, 1.807) is 11.8 Å². The Hall–Kier alpha value is -3.48. The van der Waals surface area contributed by atoms with E-state index in [0.29, 0.717) is 12.2 Å². The molecule has 4 atom stereocenters. The summed E-state index contributed by atoms with van der Waals surface area (Å²) in [5, 5.41) is 11.9. The number of hydrogen-bond acceptors (Lipinski definition) is 6. The lowest BCUT2D eigenvalue weighted by Crippen LogP contribution is -2.41. The monoisotopic (exact) mass is 505 g/mol. The largest absolute Gasteiger partial charge is 0.359 e. The molecule has 184 valence electrons. The number of fused-ring (bicyclic) bond motifs is 5. The lowest BCUT2D eigenvalue weighted by Gasteiger charge is -2.29. The molecule has 5 rings (SSSR count). The molecule has 36 heavy (non-hydrogen) atoms. The average molecular weight is 506 g/mol. The van der Waals surface area contributed by atoms with E-state index in [1.165, 1.54) is 25.1 Å². The van der Waals surface area contributed by atoms with Crippen LogP contribution in [-0.2, 0) is 25.8 Å². The van der Waals surface area contributed by atoms with Gasteiger partial charge in [0, 0.05) is 28.8 Å². The number of alkyl halides is 1. The van der Waals surface area contributed by atoms with Gasteiger partial charge in [-0.3, -0.25) is 14.4 Å². The minimum atomic E-state index is -0.903. The molecule has 3 aliphatic rings. The van der Waals surface area contributed by atoms with Crippen LogP contribution in [0.4, 0.5) is 15.8 Å². The van der Waals surface area contributed by atoms with Gasteiger partial charge in [0.25, 0.3) is 0 Å². The third-order valence-electron chi connectivity index (χ3n) is 7.10. The fourth-order valence-corrected chi connectivity index (χ4v) is 6.49. The van der Waals surface area contributed by atoms with Gasteiger partial charge < -0.3 is 10.1 Å². The van der Waals surface area contributed by atoms with E-state index < -0.39 is 29.7 Å². The number of benzene rings is 2. The zero-order valence-electron chi connectivity index (χ0n) is 19.8. The van der Waals surface area contributed by atoms with Crippen LogP contribution in [0, 0.1) is 23.2 Å². The molecule has 0 aromatic heterocycles. The highest BCUT2D eigenvalue weighted by atomic mass is 32.2. The number of imide groups is 1. The predicted octanol–water partition coefficient (Wildman–Crippen LogP) is 4.37. The summed E-state index contributed by atoms with van der Waals surface area (Å²) in [6.45, 7) is 2.41. The SMILES string of the molecule is CC(=O)Nc1ccc(SCCC23C=CC(C)(O2)[C@@H]2C(=O)N(c4ccc(C#N)c(CF)c4)C(=O)[C@@H]23)cc1. The van der Waals surface area contributed by atoms with Gasteiger partial charge in [-0.15, -0.1) is 11.8 Å². The van der Waals surface area contributed by atoms with Crippen molar-refractivity contribution in [3.05, 3.63) is 65.7 Å². The molecule has 2 bridgehead atoms. The molecule has 2 unspecified atom stereocenters. The van der Waals surface area contributed by atoms with E-state index in [1.807, 2.05) is 49.4 Å². The van der Waals surface area contributed by atoms with Crippen LogP contribution >= 0.6 is 11.8 Å². The van der Waals surface area contributed by atoms with Crippen molar-refractivity contribution >= 4 is 40.9 Å². The molecule has 0 saturated carbocycles. The molecule has 2 fully saturated rings. The minimum Gasteiger partial charge on any atom is -0.359 e. The lowest BCUT2D eigenvalue weighted by molar-refractivity contribution is -0.129. The highest BCUT2D eigenvalue weighted by molar-refractivity contribution is 7.99. The van der Waals surface area contributed by atoms with Crippen molar-refractivity contribution in [3.8, 4) is 6.07 Å². The Balaban J connectivity index is 1.35. The molecular formula is C27H24FN3O4S. The van der Waals surface area contributed by atoms with Gasteiger partial charge in [-0.05, 0) is 55.8 Å². The van der Waals surface area contributed by atoms with Gasteiger partial charge in [-0.2, -0.15) is 5.26 Å². The van der Waals surface area contributed by atoms with E-state index in [9.17, 15) is 24.0 Å². The average Bonchev–Trinajstić information content (AvgIpc) is 3.43. The quantitative estimate of drug-likeness (QED) is 0.341. The van der Waals surface area contributed by atoms with Crippen LogP contribution in [0.5, 0.6) is 0 Å². The van der Waals surface area contributed by atoms with Crippen molar-refractivity contribution in [3.63, 3.8) is 0 Å². The molecule has 0 spiro atoms. The van der Waals surface area contributed by atoms with Gasteiger partial charge in [0.2, 0.25) is 17.7 Å². The summed E-state index contributed by atoms with van der Waals surface area (Å²) in [5.74, 6) is -1.56. The van der Waals surface area contributed by atoms with Crippen LogP contribution in [0.1, 0.15) is 31.4 Å². The molecule has 2 aromatic rings. The number of nitrogens with zero attached hydrogens (tertiary/aromatic N) is 2. The van der Waals surface area contributed by atoms with Gasteiger partial charge in [0.1, 0.15) is 12.3 Å². The van der Waals surface area contributed by atoms with Gasteiger partial charge in [0.15, 0.2) is 0 Å². The first-order valence-corrected chi connectivity index (χ1v) is 12.6. The second-order valence-electron chi connectivity index (χ2n) is 9.43. The van der Waals surface area contributed by atoms with Crippen LogP contribution in [0.25, 0.3) is 0 Å². The Labute approximate surface area is 212 Å². The number of halogens is 1. The van der Waals surface area contributed by atoms with E-state index in [2.05, 4.69) is 5.32 Å². The number of thioether (sulfide) groups is 1. The maximum atomic E-state index is 13.6. The summed E-state index contributed by atoms with van der Waals surface area (Å²) in [4.78, 5) is 40.5. The molecule has 7 nitrogen and oxygen atoms in total. The number of carbonyl (C=O) groups excluding carboxylic acids is 3. The Morgan fingerprint density at radius 1 is 1.17 bits per heavy atom. The molecule has 2 aromatic carbocycles. The van der Waals surface area contributed by atoms with Crippen LogP contribution in [0.2, 0.25) is 0 Å². The Kier molecular flexibility index (Phi) is 5.97. The van der Waals surface area contributed by atoms with Crippen LogP contribution in [0.15, 0.2) is 59.5 Å². The third-order valence-corrected chi connectivity index (χ3v) is 8.12. The summed E-state index contributed by atoms with van der Waals surface area (Å²) in [5.41, 5.74) is -0.483. The highest BCUT2D eigenvalue weighted by Crippen LogP contribution is 2.59. The Bertz CT molecular complexity index is 1340. The van der Waals surface area contributed by atoms with Crippen molar-refractivity contribution in [2.24, 2.45) is 11.8 Å². The molecule has 3 heterocycles. The second-order valence-corrected chi connectivity index (χ2v) is 10.6. The smallest absolute Gasteiger partial charge is 0.241 e. The fourth-order valence-electron chi connectivity index (χ4n) is 5.51. The topological polar surface area (TPSA) is 99.5 Å². The van der Waals surface area contributed by atoms with Gasteiger partial charge in [0.05, 0.1) is 34.8 Å². The van der Waals surface area contributed by atoms with E-state index in [-0.39, 0.29) is 34.5 Å². The first kappa shape index (κ1) is 24.2. The number of hydrogen-bond donors (Lipinski definition) is 1. The molecule has 9 heteroatoms. The first-order chi connectivity index (χ1) is 17.2. The van der Waals surface area contributed by atoms with Crippen LogP contribution in [0.3, 0.4) is 0 Å². The molecular weight excluding hydrogens is 481 g/mol.